The van der Waals surface area contributed by atoms with Gasteiger partial charge in [-0.05, 0) is 20.3 Å². The van der Waals surface area contributed by atoms with Crippen molar-refractivity contribution in [2.75, 3.05) is 0 Å². The number of carbonyl (C=O) groups is 1. The summed E-state index contributed by atoms with van der Waals surface area (Å²) in [5, 5.41) is 0. The molecule has 0 aromatic heterocycles. The summed E-state index contributed by atoms with van der Waals surface area (Å²) < 4.78 is 0. The lowest BCUT2D eigenvalue weighted by Crippen LogP contribution is -2.28. The molecule has 3 nitrogen and oxygen atoms in total. The van der Waals surface area contributed by atoms with Crippen LogP contribution < -0.4 is 5.48 Å². The summed E-state index contributed by atoms with van der Waals surface area (Å²) in [7, 11) is 0. The van der Waals surface area contributed by atoms with Gasteiger partial charge in [-0.2, -0.15) is 0 Å². The molecule has 3 heteroatoms. The first-order valence-electron chi connectivity index (χ1n) is 4.69. The van der Waals surface area contributed by atoms with Crippen LogP contribution >= 0.6 is 0 Å². The minimum absolute atomic E-state index is 0.0725. The maximum Gasteiger partial charge on any atom is 0.269 e. The molecule has 0 heterocycles. The number of hydrogen-bond acceptors (Lipinski definition) is 2. The Balaban J connectivity index is 3.51. The first kappa shape index (κ1) is 12.2. The molecule has 1 N–H and O–H groups in total. The van der Waals surface area contributed by atoms with Gasteiger partial charge < -0.3 is 0 Å². The first-order chi connectivity index (χ1) is 6.07. The van der Waals surface area contributed by atoms with Crippen molar-refractivity contribution in [1.29, 1.82) is 0 Å². The van der Waals surface area contributed by atoms with Gasteiger partial charge >= 0.3 is 0 Å². The Morgan fingerprint density at radius 1 is 1.62 bits per heavy atom. The molecule has 1 atom stereocenters. The van der Waals surface area contributed by atoms with Gasteiger partial charge in [-0.1, -0.05) is 26.3 Å². The number of nitrogens with one attached hydrogen (secondary N) is 1. The van der Waals surface area contributed by atoms with Crippen LogP contribution in [0.5, 0.6) is 0 Å². The van der Waals surface area contributed by atoms with Crippen molar-refractivity contribution in [3.05, 3.63) is 12.2 Å². The maximum absolute atomic E-state index is 11.0. The Hall–Kier alpha value is -0.830. The van der Waals surface area contributed by atoms with E-state index in [1.165, 1.54) is 0 Å². The van der Waals surface area contributed by atoms with E-state index in [0.29, 0.717) is 5.57 Å². The van der Waals surface area contributed by atoms with Gasteiger partial charge in [0.05, 0.1) is 6.10 Å². The quantitative estimate of drug-likeness (QED) is 0.509. The SMILES string of the molecule is C=C(C)C(=O)NOC(C)CCCC. The third-order valence-electron chi connectivity index (χ3n) is 1.70. The highest BCUT2D eigenvalue weighted by Gasteiger charge is 2.05. The summed E-state index contributed by atoms with van der Waals surface area (Å²) in [6.45, 7) is 9.21. The molecule has 0 radical (unpaired) electrons. The highest BCUT2D eigenvalue weighted by molar-refractivity contribution is 5.91. The number of rotatable bonds is 6. The van der Waals surface area contributed by atoms with Crippen LogP contribution in [0, 0.1) is 0 Å². The molecule has 0 aliphatic rings. The molecule has 0 aromatic rings. The van der Waals surface area contributed by atoms with E-state index in [4.69, 9.17) is 4.84 Å². The lowest BCUT2D eigenvalue weighted by atomic mass is 10.2. The van der Waals surface area contributed by atoms with Crippen molar-refractivity contribution in [2.45, 2.75) is 46.1 Å². The van der Waals surface area contributed by atoms with Crippen molar-refractivity contribution >= 4 is 5.91 Å². The Labute approximate surface area is 80.1 Å². The van der Waals surface area contributed by atoms with Gasteiger partial charge in [0, 0.05) is 5.57 Å². The zero-order valence-corrected chi connectivity index (χ0v) is 8.72. The van der Waals surface area contributed by atoms with Crippen LogP contribution in [0.3, 0.4) is 0 Å². The van der Waals surface area contributed by atoms with E-state index >= 15 is 0 Å². The fourth-order valence-electron chi connectivity index (χ4n) is 0.792. The Morgan fingerprint density at radius 2 is 2.23 bits per heavy atom. The molecule has 1 unspecified atom stereocenters. The highest BCUT2D eigenvalue weighted by atomic mass is 16.7. The summed E-state index contributed by atoms with van der Waals surface area (Å²) in [6, 6.07) is 0. The van der Waals surface area contributed by atoms with Gasteiger partial charge in [0.15, 0.2) is 0 Å². The monoisotopic (exact) mass is 185 g/mol. The number of hydroxylamine groups is 1. The molecule has 0 spiro atoms. The largest absolute Gasteiger partial charge is 0.270 e. The smallest absolute Gasteiger partial charge is 0.269 e. The van der Waals surface area contributed by atoms with E-state index in [9.17, 15) is 4.79 Å². The molecule has 0 bridgehead atoms. The van der Waals surface area contributed by atoms with Gasteiger partial charge in [-0.15, -0.1) is 0 Å². The van der Waals surface area contributed by atoms with Gasteiger partial charge in [0.25, 0.3) is 5.91 Å². The molecule has 0 fully saturated rings. The van der Waals surface area contributed by atoms with Crippen LogP contribution in [0.4, 0.5) is 0 Å². The van der Waals surface area contributed by atoms with Gasteiger partial charge in [0.1, 0.15) is 0 Å². The molecule has 0 saturated heterocycles. The molecular formula is C10H19NO2. The fourth-order valence-corrected chi connectivity index (χ4v) is 0.792. The number of unbranched alkanes of at least 4 members (excludes halogenated alkanes) is 1. The number of hydrogen-bond donors (Lipinski definition) is 1. The molecular weight excluding hydrogens is 166 g/mol. The summed E-state index contributed by atoms with van der Waals surface area (Å²) >= 11 is 0. The Morgan fingerprint density at radius 3 is 2.69 bits per heavy atom. The second kappa shape index (κ2) is 6.66. The average molecular weight is 185 g/mol. The second-order valence-corrected chi connectivity index (χ2v) is 3.28. The first-order valence-corrected chi connectivity index (χ1v) is 4.69. The maximum atomic E-state index is 11.0. The molecule has 0 aliphatic heterocycles. The third kappa shape index (κ3) is 6.34. The summed E-state index contributed by atoms with van der Waals surface area (Å²) in [5.41, 5.74) is 2.81. The predicted molar refractivity (Wildman–Crippen MR) is 53.0 cm³/mol. The van der Waals surface area contributed by atoms with Crippen LogP contribution in [0.15, 0.2) is 12.2 Å². The minimum Gasteiger partial charge on any atom is -0.270 e. The van der Waals surface area contributed by atoms with Crippen molar-refractivity contribution in [1.82, 2.24) is 5.48 Å². The predicted octanol–water partition coefficient (Wildman–Crippen LogP) is 2.19. The summed E-state index contributed by atoms with van der Waals surface area (Å²) in [5.74, 6) is -0.247. The van der Waals surface area contributed by atoms with E-state index in [0.717, 1.165) is 19.3 Å². The van der Waals surface area contributed by atoms with Crippen LogP contribution in [-0.4, -0.2) is 12.0 Å². The topological polar surface area (TPSA) is 38.3 Å². The van der Waals surface area contributed by atoms with Gasteiger partial charge in [-0.25, -0.2) is 5.48 Å². The molecule has 0 rings (SSSR count). The minimum atomic E-state index is -0.247. The van der Waals surface area contributed by atoms with Gasteiger partial charge in [0.2, 0.25) is 0 Å². The molecule has 13 heavy (non-hydrogen) atoms. The zero-order valence-electron chi connectivity index (χ0n) is 8.72. The standard InChI is InChI=1S/C10H19NO2/c1-5-6-7-9(4)13-11-10(12)8(2)3/h9H,2,5-7H2,1,3-4H3,(H,11,12). The third-order valence-corrected chi connectivity index (χ3v) is 1.70. The molecule has 0 saturated carbocycles. The Kier molecular flexibility index (Phi) is 6.24. The molecule has 0 aliphatic carbocycles. The van der Waals surface area contributed by atoms with E-state index in [-0.39, 0.29) is 12.0 Å². The fraction of sp³-hybridized carbons (Fsp3) is 0.700. The van der Waals surface area contributed by atoms with Crippen LogP contribution in [0.1, 0.15) is 40.0 Å². The van der Waals surface area contributed by atoms with E-state index in [1.807, 2.05) is 6.92 Å². The van der Waals surface area contributed by atoms with Crippen LogP contribution in [0.2, 0.25) is 0 Å². The lowest BCUT2D eigenvalue weighted by molar-refractivity contribution is -0.133. The zero-order chi connectivity index (χ0) is 10.3. The molecule has 76 valence electrons. The second-order valence-electron chi connectivity index (χ2n) is 3.28. The lowest BCUT2D eigenvalue weighted by Gasteiger charge is -2.12. The van der Waals surface area contributed by atoms with Crippen LogP contribution in [-0.2, 0) is 9.63 Å². The van der Waals surface area contributed by atoms with Gasteiger partial charge in [-0.3, -0.25) is 9.63 Å². The van der Waals surface area contributed by atoms with Crippen molar-refractivity contribution in [3.63, 3.8) is 0 Å². The van der Waals surface area contributed by atoms with E-state index in [2.05, 4.69) is 19.0 Å². The Bertz CT molecular complexity index is 178. The van der Waals surface area contributed by atoms with Crippen molar-refractivity contribution < 1.29 is 9.63 Å². The molecule has 1 amide bonds. The normalized spacial score (nSPS) is 12.2. The highest BCUT2D eigenvalue weighted by Crippen LogP contribution is 2.02. The van der Waals surface area contributed by atoms with E-state index in [1.54, 1.807) is 6.92 Å². The summed E-state index contributed by atoms with van der Waals surface area (Å²) in [6.07, 6.45) is 3.29. The number of carbonyl (C=O) groups excluding carboxylic acids is 1. The molecule has 0 aromatic carbocycles. The van der Waals surface area contributed by atoms with Crippen molar-refractivity contribution in [3.8, 4) is 0 Å². The van der Waals surface area contributed by atoms with E-state index < -0.39 is 0 Å². The van der Waals surface area contributed by atoms with Crippen molar-refractivity contribution in [2.24, 2.45) is 0 Å². The summed E-state index contributed by atoms with van der Waals surface area (Å²) in [4.78, 5) is 16.1. The number of amides is 1. The van der Waals surface area contributed by atoms with Crippen LogP contribution in [0.25, 0.3) is 0 Å². The average Bonchev–Trinajstić information content (AvgIpc) is 2.10.